The fourth-order valence-electron chi connectivity index (χ4n) is 3.73. The van der Waals surface area contributed by atoms with Gasteiger partial charge in [-0.25, -0.2) is 4.79 Å². The van der Waals surface area contributed by atoms with Gasteiger partial charge in [0.25, 0.3) is 0 Å². The van der Waals surface area contributed by atoms with Gasteiger partial charge in [0.2, 0.25) is 5.91 Å². The molecule has 1 aliphatic carbocycles. The lowest BCUT2D eigenvalue weighted by atomic mass is 9.72. The second kappa shape index (κ2) is 7.11. The van der Waals surface area contributed by atoms with Gasteiger partial charge in [-0.3, -0.25) is 4.79 Å². The molecular formula is C15H28N4O2. The standard InChI is InChI=1S/C15H28N4O2/c16-11-15(6-2-1-3-7-15)13(20)19-8-4-5-12(10-19)9-18-14(17)21/h12H,1-11,16H2,(H3,17,18,21). The Morgan fingerprint density at radius 3 is 2.52 bits per heavy atom. The molecule has 5 N–H and O–H groups in total. The number of nitrogens with two attached hydrogens (primary N) is 2. The average Bonchev–Trinajstić information content (AvgIpc) is 2.53. The molecule has 2 fully saturated rings. The van der Waals surface area contributed by atoms with Crippen LogP contribution in [0.15, 0.2) is 0 Å². The highest BCUT2D eigenvalue weighted by Crippen LogP contribution is 2.38. The quantitative estimate of drug-likeness (QED) is 0.715. The molecule has 120 valence electrons. The predicted molar refractivity (Wildman–Crippen MR) is 81.5 cm³/mol. The van der Waals surface area contributed by atoms with Crippen molar-refractivity contribution in [3.05, 3.63) is 0 Å². The molecule has 1 aliphatic heterocycles. The van der Waals surface area contributed by atoms with Crippen molar-refractivity contribution >= 4 is 11.9 Å². The van der Waals surface area contributed by atoms with Gasteiger partial charge >= 0.3 is 6.03 Å². The lowest BCUT2D eigenvalue weighted by molar-refractivity contribution is -0.145. The number of amides is 3. The molecule has 1 saturated heterocycles. The van der Waals surface area contributed by atoms with E-state index in [0.29, 0.717) is 25.6 Å². The largest absolute Gasteiger partial charge is 0.352 e. The first-order valence-electron chi connectivity index (χ1n) is 8.10. The molecule has 0 bridgehead atoms. The van der Waals surface area contributed by atoms with E-state index >= 15 is 0 Å². The van der Waals surface area contributed by atoms with Crippen LogP contribution in [0, 0.1) is 11.3 Å². The molecular weight excluding hydrogens is 268 g/mol. The van der Waals surface area contributed by atoms with Crippen LogP contribution < -0.4 is 16.8 Å². The van der Waals surface area contributed by atoms with Crippen LogP contribution in [-0.4, -0.2) is 43.0 Å². The smallest absolute Gasteiger partial charge is 0.312 e. The number of nitrogens with zero attached hydrogens (tertiary/aromatic N) is 1. The average molecular weight is 296 g/mol. The highest BCUT2D eigenvalue weighted by molar-refractivity contribution is 5.83. The molecule has 0 spiro atoms. The van der Waals surface area contributed by atoms with Gasteiger partial charge in [0.15, 0.2) is 0 Å². The summed E-state index contributed by atoms with van der Waals surface area (Å²) in [7, 11) is 0. The molecule has 2 rings (SSSR count). The van der Waals surface area contributed by atoms with Crippen molar-refractivity contribution < 1.29 is 9.59 Å². The van der Waals surface area contributed by atoms with Crippen molar-refractivity contribution in [2.24, 2.45) is 22.8 Å². The molecule has 0 aromatic rings. The summed E-state index contributed by atoms with van der Waals surface area (Å²) in [6, 6.07) is -0.496. The maximum atomic E-state index is 12.9. The minimum atomic E-state index is -0.496. The number of carbonyl (C=O) groups is 2. The van der Waals surface area contributed by atoms with Crippen LogP contribution in [0.1, 0.15) is 44.9 Å². The van der Waals surface area contributed by atoms with Crippen LogP contribution >= 0.6 is 0 Å². The number of hydrogen-bond donors (Lipinski definition) is 3. The van der Waals surface area contributed by atoms with Gasteiger partial charge < -0.3 is 21.7 Å². The fraction of sp³-hybridized carbons (Fsp3) is 0.867. The van der Waals surface area contributed by atoms with Crippen molar-refractivity contribution in [3.8, 4) is 0 Å². The maximum Gasteiger partial charge on any atom is 0.312 e. The highest BCUT2D eigenvalue weighted by Gasteiger charge is 2.41. The molecule has 0 aromatic carbocycles. The van der Waals surface area contributed by atoms with E-state index in [1.807, 2.05) is 4.90 Å². The van der Waals surface area contributed by atoms with Crippen LogP contribution in [0.2, 0.25) is 0 Å². The van der Waals surface area contributed by atoms with Crippen molar-refractivity contribution in [1.29, 1.82) is 0 Å². The van der Waals surface area contributed by atoms with Crippen molar-refractivity contribution in [2.75, 3.05) is 26.2 Å². The third kappa shape index (κ3) is 3.87. The zero-order valence-electron chi connectivity index (χ0n) is 12.8. The van der Waals surface area contributed by atoms with E-state index in [1.165, 1.54) is 6.42 Å². The first-order chi connectivity index (χ1) is 10.1. The van der Waals surface area contributed by atoms with E-state index in [4.69, 9.17) is 11.5 Å². The molecule has 1 atom stereocenters. The fourth-order valence-corrected chi connectivity index (χ4v) is 3.73. The van der Waals surface area contributed by atoms with E-state index in [1.54, 1.807) is 0 Å². The number of nitrogens with one attached hydrogen (secondary N) is 1. The Hall–Kier alpha value is -1.30. The van der Waals surface area contributed by atoms with Crippen molar-refractivity contribution in [2.45, 2.75) is 44.9 Å². The summed E-state index contributed by atoms with van der Waals surface area (Å²) in [5.41, 5.74) is 10.7. The number of hydrogen-bond acceptors (Lipinski definition) is 3. The summed E-state index contributed by atoms with van der Waals surface area (Å²) in [5, 5.41) is 2.65. The highest BCUT2D eigenvalue weighted by atomic mass is 16.2. The topological polar surface area (TPSA) is 101 Å². The van der Waals surface area contributed by atoms with Crippen molar-refractivity contribution in [1.82, 2.24) is 10.2 Å². The second-order valence-corrected chi connectivity index (χ2v) is 6.55. The molecule has 1 saturated carbocycles. The Bertz CT molecular complexity index is 380. The van der Waals surface area contributed by atoms with Gasteiger partial charge in [-0.15, -0.1) is 0 Å². The summed E-state index contributed by atoms with van der Waals surface area (Å²) in [4.78, 5) is 25.7. The molecule has 1 unspecified atom stereocenters. The monoisotopic (exact) mass is 296 g/mol. The summed E-state index contributed by atoms with van der Waals surface area (Å²) in [6.45, 7) is 2.52. The number of rotatable bonds is 4. The molecule has 6 nitrogen and oxygen atoms in total. The van der Waals surface area contributed by atoms with E-state index in [0.717, 1.165) is 45.1 Å². The Kier molecular flexibility index (Phi) is 5.45. The maximum absolute atomic E-state index is 12.9. The van der Waals surface area contributed by atoms with Crippen LogP contribution in [0.4, 0.5) is 4.79 Å². The number of carbonyl (C=O) groups excluding carboxylic acids is 2. The van der Waals surface area contributed by atoms with Crippen molar-refractivity contribution in [3.63, 3.8) is 0 Å². The Morgan fingerprint density at radius 1 is 1.19 bits per heavy atom. The summed E-state index contributed by atoms with van der Waals surface area (Å²) in [5.74, 6) is 0.530. The normalized spacial score (nSPS) is 25.4. The van der Waals surface area contributed by atoms with E-state index in [2.05, 4.69) is 5.32 Å². The van der Waals surface area contributed by atoms with Gasteiger partial charge in [-0.2, -0.15) is 0 Å². The molecule has 2 aliphatic rings. The second-order valence-electron chi connectivity index (χ2n) is 6.55. The lowest BCUT2D eigenvalue weighted by Crippen LogP contribution is -2.53. The van der Waals surface area contributed by atoms with Crippen LogP contribution in [0.5, 0.6) is 0 Å². The Labute approximate surface area is 126 Å². The summed E-state index contributed by atoms with van der Waals surface area (Å²) < 4.78 is 0. The number of likely N-dealkylation sites (tertiary alicyclic amines) is 1. The molecule has 0 aromatic heterocycles. The van der Waals surface area contributed by atoms with E-state index in [9.17, 15) is 9.59 Å². The first-order valence-corrected chi connectivity index (χ1v) is 8.10. The first kappa shape index (κ1) is 16.1. The lowest BCUT2D eigenvalue weighted by Gasteiger charge is -2.42. The zero-order chi connectivity index (χ0) is 15.3. The molecule has 0 radical (unpaired) electrons. The van der Waals surface area contributed by atoms with Crippen LogP contribution in [0.3, 0.4) is 0 Å². The third-order valence-corrected chi connectivity index (χ3v) is 5.03. The van der Waals surface area contributed by atoms with Gasteiger partial charge in [-0.05, 0) is 31.6 Å². The van der Waals surface area contributed by atoms with E-state index in [-0.39, 0.29) is 11.3 Å². The van der Waals surface area contributed by atoms with E-state index < -0.39 is 6.03 Å². The third-order valence-electron chi connectivity index (χ3n) is 5.03. The molecule has 3 amide bonds. The number of urea groups is 1. The molecule has 1 heterocycles. The van der Waals surface area contributed by atoms with Gasteiger partial charge in [0.1, 0.15) is 0 Å². The molecule has 6 heteroatoms. The Balaban J connectivity index is 1.95. The minimum Gasteiger partial charge on any atom is -0.352 e. The van der Waals surface area contributed by atoms with Crippen LogP contribution in [-0.2, 0) is 4.79 Å². The number of piperidine rings is 1. The van der Waals surface area contributed by atoms with Gasteiger partial charge in [-0.1, -0.05) is 19.3 Å². The van der Waals surface area contributed by atoms with Crippen LogP contribution in [0.25, 0.3) is 0 Å². The van der Waals surface area contributed by atoms with Gasteiger partial charge in [0, 0.05) is 26.2 Å². The Morgan fingerprint density at radius 2 is 1.90 bits per heavy atom. The zero-order valence-corrected chi connectivity index (χ0v) is 12.8. The minimum absolute atomic E-state index is 0.230. The predicted octanol–water partition coefficient (Wildman–Crippen LogP) is 0.802. The summed E-state index contributed by atoms with van der Waals surface area (Å²) in [6.07, 6.45) is 7.26. The SMILES string of the molecule is NCC1(C(=O)N2CCCC(CNC(N)=O)C2)CCCCC1. The van der Waals surface area contributed by atoms with Gasteiger partial charge in [0.05, 0.1) is 5.41 Å². The summed E-state index contributed by atoms with van der Waals surface area (Å²) >= 11 is 0. The number of primary amides is 1. The molecule has 21 heavy (non-hydrogen) atoms.